The fourth-order valence-corrected chi connectivity index (χ4v) is 1.14. The van der Waals surface area contributed by atoms with Gasteiger partial charge in [0.2, 0.25) is 0 Å². The lowest BCUT2D eigenvalue weighted by atomic mass is 10.1. The summed E-state index contributed by atoms with van der Waals surface area (Å²) in [5, 5.41) is 0. The highest BCUT2D eigenvalue weighted by Gasteiger charge is 2.09. The van der Waals surface area contributed by atoms with Crippen molar-refractivity contribution in [2.24, 2.45) is 4.99 Å². The fraction of sp³-hybridized carbons (Fsp3) is 0.111. The third-order valence-corrected chi connectivity index (χ3v) is 1.68. The van der Waals surface area contributed by atoms with E-state index >= 15 is 0 Å². The third kappa shape index (κ3) is 0.821. The second kappa shape index (κ2) is 2.21. The van der Waals surface area contributed by atoms with Crippen LogP contribution in [0.15, 0.2) is 17.4 Å². The largest absolute Gasteiger partial charge is 0.263 e. The van der Waals surface area contributed by atoms with Crippen LogP contribution < -0.4 is 0 Å². The maximum Gasteiger partial charge on any atom is 0.0848 e. The zero-order chi connectivity index (χ0) is 7.68. The van der Waals surface area contributed by atoms with E-state index in [4.69, 9.17) is 6.42 Å². The van der Waals surface area contributed by atoms with E-state index in [0.717, 1.165) is 23.2 Å². The zero-order valence-corrected chi connectivity index (χ0v) is 5.91. The van der Waals surface area contributed by atoms with Crippen LogP contribution in [-0.2, 0) is 6.42 Å². The minimum Gasteiger partial charge on any atom is -0.263 e. The lowest BCUT2D eigenvalue weighted by Crippen LogP contribution is -1.83. The Morgan fingerprint density at radius 1 is 1.45 bits per heavy atom. The monoisotopic (exact) mass is 142 g/mol. The van der Waals surface area contributed by atoms with E-state index in [9.17, 15) is 0 Å². The van der Waals surface area contributed by atoms with Gasteiger partial charge in [0.05, 0.1) is 11.3 Å². The quantitative estimate of drug-likeness (QED) is 0.501. The van der Waals surface area contributed by atoms with Gasteiger partial charge in [-0.1, -0.05) is 5.92 Å². The van der Waals surface area contributed by atoms with Gasteiger partial charge in [0.15, 0.2) is 0 Å². The highest BCUT2D eigenvalue weighted by atomic mass is 14.8. The second-order valence-corrected chi connectivity index (χ2v) is 2.35. The van der Waals surface area contributed by atoms with Crippen LogP contribution in [-0.4, -0.2) is 11.2 Å². The summed E-state index contributed by atoms with van der Waals surface area (Å²) < 4.78 is 0. The van der Waals surface area contributed by atoms with E-state index in [-0.39, 0.29) is 0 Å². The predicted octanol–water partition coefficient (Wildman–Crippen LogP) is 1.32. The Morgan fingerprint density at radius 2 is 2.36 bits per heavy atom. The topological polar surface area (TPSA) is 25.2 Å². The van der Waals surface area contributed by atoms with Crippen LogP contribution in [0.3, 0.4) is 0 Å². The van der Waals surface area contributed by atoms with Crippen LogP contribution in [0.5, 0.6) is 0 Å². The first kappa shape index (κ1) is 6.11. The van der Waals surface area contributed by atoms with Gasteiger partial charge in [-0.3, -0.25) is 9.98 Å². The average molecular weight is 142 g/mol. The van der Waals surface area contributed by atoms with Crippen molar-refractivity contribution in [3.8, 4) is 12.3 Å². The molecule has 0 saturated heterocycles. The van der Waals surface area contributed by atoms with Crippen molar-refractivity contribution in [1.29, 1.82) is 0 Å². The van der Waals surface area contributed by atoms with Gasteiger partial charge in [0.1, 0.15) is 0 Å². The van der Waals surface area contributed by atoms with Crippen LogP contribution in [0.4, 0.5) is 5.69 Å². The van der Waals surface area contributed by atoms with Gasteiger partial charge < -0.3 is 0 Å². The zero-order valence-electron chi connectivity index (χ0n) is 5.91. The van der Waals surface area contributed by atoms with Crippen LogP contribution in [0, 0.1) is 12.3 Å². The highest BCUT2D eigenvalue weighted by Crippen LogP contribution is 2.26. The molecule has 0 saturated carbocycles. The SMILES string of the molecule is C#Cc1cncc2c1N=CC2. The molecule has 0 radical (unpaired) electrons. The van der Waals surface area contributed by atoms with E-state index in [0.29, 0.717) is 0 Å². The predicted molar refractivity (Wildman–Crippen MR) is 44.0 cm³/mol. The van der Waals surface area contributed by atoms with Crippen LogP contribution in [0.25, 0.3) is 0 Å². The summed E-state index contributed by atoms with van der Waals surface area (Å²) in [5.74, 6) is 2.55. The van der Waals surface area contributed by atoms with Crippen molar-refractivity contribution < 1.29 is 0 Å². The lowest BCUT2D eigenvalue weighted by molar-refractivity contribution is 1.24. The molecule has 2 rings (SSSR count). The number of hydrogen-bond donors (Lipinski definition) is 0. The highest BCUT2D eigenvalue weighted by molar-refractivity contribution is 5.78. The van der Waals surface area contributed by atoms with E-state index < -0.39 is 0 Å². The van der Waals surface area contributed by atoms with Gasteiger partial charge in [-0.25, -0.2) is 0 Å². The fourth-order valence-electron chi connectivity index (χ4n) is 1.14. The number of aromatic nitrogens is 1. The lowest BCUT2D eigenvalue weighted by Gasteiger charge is -1.96. The van der Waals surface area contributed by atoms with Gasteiger partial charge in [-0.15, -0.1) is 6.42 Å². The number of rotatable bonds is 0. The van der Waals surface area contributed by atoms with Gasteiger partial charge in [-0.2, -0.15) is 0 Å². The summed E-state index contributed by atoms with van der Waals surface area (Å²) in [4.78, 5) is 8.17. The molecule has 1 aromatic heterocycles. The second-order valence-electron chi connectivity index (χ2n) is 2.35. The maximum atomic E-state index is 5.26. The summed E-state index contributed by atoms with van der Waals surface area (Å²) in [6.45, 7) is 0. The Balaban J connectivity index is 2.69. The Bertz CT molecular complexity index is 358. The molecule has 1 aliphatic heterocycles. The molecule has 0 unspecified atom stereocenters. The molecule has 0 spiro atoms. The van der Waals surface area contributed by atoms with Crippen molar-refractivity contribution in [3.63, 3.8) is 0 Å². The molecule has 0 fully saturated rings. The number of terminal acetylenes is 1. The van der Waals surface area contributed by atoms with Gasteiger partial charge in [0, 0.05) is 30.6 Å². The molecule has 0 bridgehead atoms. The first-order chi connectivity index (χ1) is 5.42. The molecule has 11 heavy (non-hydrogen) atoms. The maximum absolute atomic E-state index is 5.26. The minimum absolute atomic E-state index is 0.788. The number of aliphatic imine (C=N–C) groups is 1. The Labute approximate surface area is 65.0 Å². The number of fused-ring (bicyclic) bond motifs is 1. The number of nitrogens with zero attached hydrogens (tertiary/aromatic N) is 2. The molecule has 2 heterocycles. The normalized spacial score (nSPS) is 12.6. The van der Waals surface area contributed by atoms with Crippen LogP contribution in [0.1, 0.15) is 11.1 Å². The molecule has 0 amide bonds. The molecule has 1 aromatic rings. The summed E-state index contributed by atoms with van der Waals surface area (Å²) in [7, 11) is 0. The summed E-state index contributed by atoms with van der Waals surface area (Å²) in [6.07, 6.45) is 11.4. The van der Waals surface area contributed by atoms with Crippen LogP contribution >= 0.6 is 0 Å². The standard InChI is InChI=1S/C9H6N2/c1-2-7-5-10-6-8-3-4-11-9(7)8/h1,4-6H,3H2. The molecular weight excluding hydrogens is 136 g/mol. The van der Waals surface area contributed by atoms with Gasteiger partial charge >= 0.3 is 0 Å². The Morgan fingerprint density at radius 3 is 3.18 bits per heavy atom. The Hall–Kier alpha value is -1.62. The van der Waals surface area contributed by atoms with E-state index in [1.54, 1.807) is 6.20 Å². The van der Waals surface area contributed by atoms with Crippen molar-refractivity contribution in [3.05, 3.63) is 23.5 Å². The van der Waals surface area contributed by atoms with Crippen molar-refractivity contribution in [2.75, 3.05) is 0 Å². The molecular formula is C9H6N2. The van der Waals surface area contributed by atoms with E-state index in [1.165, 1.54) is 0 Å². The average Bonchev–Trinajstić information content (AvgIpc) is 2.50. The summed E-state index contributed by atoms with van der Waals surface area (Å²) in [5.41, 5.74) is 2.83. The molecule has 0 aromatic carbocycles. The van der Waals surface area contributed by atoms with Crippen molar-refractivity contribution >= 4 is 11.9 Å². The first-order valence-corrected chi connectivity index (χ1v) is 3.38. The molecule has 0 atom stereocenters. The smallest absolute Gasteiger partial charge is 0.0848 e. The van der Waals surface area contributed by atoms with Gasteiger partial charge in [-0.05, 0) is 0 Å². The van der Waals surface area contributed by atoms with Gasteiger partial charge in [0.25, 0.3) is 0 Å². The van der Waals surface area contributed by atoms with Crippen LogP contribution in [0.2, 0.25) is 0 Å². The molecule has 2 nitrogen and oxygen atoms in total. The number of hydrogen-bond acceptors (Lipinski definition) is 2. The van der Waals surface area contributed by atoms with E-state index in [2.05, 4.69) is 15.9 Å². The molecule has 2 heteroatoms. The molecule has 0 aliphatic carbocycles. The molecule has 52 valence electrons. The third-order valence-electron chi connectivity index (χ3n) is 1.68. The van der Waals surface area contributed by atoms with E-state index in [1.807, 2.05) is 12.4 Å². The molecule has 1 aliphatic rings. The van der Waals surface area contributed by atoms with Crippen molar-refractivity contribution in [2.45, 2.75) is 6.42 Å². The molecule has 0 N–H and O–H groups in total. The summed E-state index contributed by atoms with van der Waals surface area (Å²) in [6, 6.07) is 0. The summed E-state index contributed by atoms with van der Waals surface area (Å²) >= 11 is 0. The van der Waals surface area contributed by atoms with Crippen molar-refractivity contribution in [1.82, 2.24) is 4.98 Å². The Kier molecular flexibility index (Phi) is 1.23. The number of pyridine rings is 1. The first-order valence-electron chi connectivity index (χ1n) is 3.38. The minimum atomic E-state index is 0.788.